The molecule has 0 heterocycles. The maximum Gasteiger partial charge on any atom is 0.122 e. The Hall–Kier alpha value is -1.06. The van der Waals surface area contributed by atoms with Crippen LogP contribution in [-0.4, -0.2) is 30.0 Å². The van der Waals surface area contributed by atoms with E-state index in [1.165, 1.54) is 0 Å². The van der Waals surface area contributed by atoms with Gasteiger partial charge in [-0.1, -0.05) is 24.6 Å². The van der Waals surface area contributed by atoms with E-state index in [9.17, 15) is 0 Å². The topological polar surface area (TPSA) is 49.7 Å². The first-order chi connectivity index (χ1) is 8.38. The van der Waals surface area contributed by atoms with Crippen LogP contribution in [0.4, 0.5) is 0 Å². The van der Waals surface area contributed by atoms with Crippen LogP contribution < -0.4 is 4.74 Å². The molecule has 2 N–H and O–H groups in total. The Morgan fingerprint density at radius 2 is 1.65 bits per heavy atom. The van der Waals surface area contributed by atoms with E-state index in [0.29, 0.717) is 13.0 Å². The minimum atomic E-state index is 0.150. The lowest BCUT2D eigenvalue weighted by atomic mass is 10.1. The Balaban J connectivity index is 2.25. The monoisotopic (exact) mass is 238 g/mol. The standard InChI is InChI=1S/C14H22O3/c15-10-5-1-2-6-12-17-14-8-4-3-7-13(14)9-11-16/h3-4,7-8,15-16H,1-2,5-6,9-12H2. The molecule has 0 unspecified atom stereocenters. The van der Waals surface area contributed by atoms with Crippen molar-refractivity contribution < 1.29 is 14.9 Å². The van der Waals surface area contributed by atoms with E-state index in [1.54, 1.807) is 0 Å². The Kier molecular flexibility index (Phi) is 7.43. The molecule has 3 nitrogen and oxygen atoms in total. The number of aliphatic hydroxyl groups is 2. The molecule has 0 aliphatic rings. The molecule has 0 aliphatic carbocycles. The van der Waals surface area contributed by atoms with Crippen molar-refractivity contribution in [1.29, 1.82) is 0 Å². The minimum Gasteiger partial charge on any atom is -0.493 e. The molecule has 0 saturated carbocycles. The third-order valence-electron chi connectivity index (χ3n) is 2.66. The molecule has 0 fully saturated rings. The lowest BCUT2D eigenvalue weighted by Crippen LogP contribution is -2.01. The number of ether oxygens (including phenoxy) is 1. The average molecular weight is 238 g/mol. The number of aliphatic hydroxyl groups excluding tert-OH is 2. The van der Waals surface area contributed by atoms with Crippen LogP contribution in [0.25, 0.3) is 0 Å². The van der Waals surface area contributed by atoms with Gasteiger partial charge >= 0.3 is 0 Å². The second-order valence-corrected chi connectivity index (χ2v) is 4.07. The van der Waals surface area contributed by atoms with E-state index in [1.807, 2.05) is 24.3 Å². The number of hydrogen-bond acceptors (Lipinski definition) is 3. The van der Waals surface area contributed by atoms with Crippen molar-refractivity contribution >= 4 is 0 Å². The van der Waals surface area contributed by atoms with Crippen LogP contribution in [-0.2, 0) is 6.42 Å². The molecule has 0 spiro atoms. The average Bonchev–Trinajstić information content (AvgIpc) is 2.36. The molecule has 17 heavy (non-hydrogen) atoms. The van der Waals surface area contributed by atoms with Crippen molar-refractivity contribution in [3.8, 4) is 5.75 Å². The molecule has 0 aromatic heterocycles. The zero-order chi connectivity index (χ0) is 12.3. The normalized spacial score (nSPS) is 10.5. The second kappa shape index (κ2) is 9.02. The third kappa shape index (κ3) is 5.71. The fraction of sp³-hybridized carbons (Fsp3) is 0.571. The van der Waals surface area contributed by atoms with Gasteiger partial charge in [0.1, 0.15) is 5.75 Å². The van der Waals surface area contributed by atoms with Gasteiger partial charge in [0.15, 0.2) is 0 Å². The second-order valence-electron chi connectivity index (χ2n) is 4.07. The van der Waals surface area contributed by atoms with Crippen molar-refractivity contribution in [2.75, 3.05) is 19.8 Å². The summed E-state index contributed by atoms with van der Waals surface area (Å²) in [5.41, 5.74) is 1.06. The number of hydrogen-bond donors (Lipinski definition) is 2. The van der Waals surface area contributed by atoms with Crippen LogP contribution in [0, 0.1) is 0 Å². The Morgan fingerprint density at radius 1 is 0.882 bits per heavy atom. The van der Waals surface area contributed by atoms with Crippen molar-refractivity contribution in [1.82, 2.24) is 0 Å². The van der Waals surface area contributed by atoms with Gasteiger partial charge in [-0.2, -0.15) is 0 Å². The largest absolute Gasteiger partial charge is 0.493 e. The van der Waals surface area contributed by atoms with E-state index in [2.05, 4.69) is 0 Å². The zero-order valence-corrected chi connectivity index (χ0v) is 10.3. The SMILES string of the molecule is OCCCCCCOc1ccccc1CCO. The number of rotatable bonds is 9. The summed E-state index contributed by atoms with van der Waals surface area (Å²) in [5, 5.41) is 17.6. The predicted octanol–water partition coefficient (Wildman–Crippen LogP) is 2.15. The third-order valence-corrected chi connectivity index (χ3v) is 2.66. The molecule has 0 saturated heterocycles. The summed E-state index contributed by atoms with van der Waals surface area (Å²) >= 11 is 0. The van der Waals surface area contributed by atoms with Crippen LogP contribution in [0.15, 0.2) is 24.3 Å². The van der Waals surface area contributed by atoms with Gasteiger partial charge in [0.05, 0.1) is 6.61 Å². The highest BCUT2D eigenvalue weighted by atomic mass is 16.5. The molecule has 0 aliphatic heterocycles. The first kappa shape index (κ1) is 14.0. The smallest absolute Gasteiger partial charge is 0.122 e. The molecule has 3 heteroatoms. The van der Waals surface area contributed by atoms with Crippen LogP contribution >= 0.6 is 0 Å². The van der Waals surface area contributed by atoms with Gasteiger partial charge in [-0.15, -0.1) is 0 Å². The molecule has 0 atom stereocenters. The predicted molar refractivity (Wildman–Crippen MR) is 68.3 cm³/mol. The molecule has 0 radical (unpaired) electrons. The molecular weight excluding hydrogens is 216 g/mol. The molecule has 0 bridgehead atoms. The van der Waals surface area contributed by atoms with E-state index in [4.69, 9.17) is 14.9 Å². The van der Waals surface area contributed by atoms with E-state index >= 15 is 0 Å². The minimum absolute atomic E-state index is 0.150. The van der Waals surface area contributed by atoms with Crippen LogP contribution in [0.2, 0.25) is 0 Å². The Morgan fingerprint density at radius 3 is 2.41 bits per heavy atom. The summed E-state index contributed by atoms with van der Waals surface area (Å²) in [6.07, 6.45) is 4.66. The maximum absolute atomic E-state index is 8.93. The lowest BCUT2D eigenvalue weighted by Gasteiger charge is -2.10. The summed E-state index contributed by atoms with van der Waals surface area (Å²) in [6, 6.07) is 7.83. The Labute approximate surface area is 103 Å². The van der Waals surface area contributed by atoms with Crippen molar-refractivity contribution in [2.24, 2.45) is 0 Å². The van der Waals surface area contributed by atoms with Gasteiger partial charge < -0.3 is 14.9 Å². The first-order valence-electron chi connectivity index (χ1n) is 6.31. The molecule has 1 aromatic carbocycles. The molecule has 1 aromatic rings. The summed E-state index contributed by atoms with van der Waals surface area (Å²) in [6.45, 7) is 1.13. The Bertz CT molecular complexity index is 299. The lowest BCUT2D eigenvalue weighted by molar-refractivity contribution is 0.270. The molecular formula is C14H22O3. The molecule has 1 rings (SSSR count). The van der Waals surface area contributed by atoms with Crippen LogP contribution in [0.5, 0.6) is 5.75 Å². The van der Waals surface area contributed by atoms with Crippen molar-refractivity contribution in [2.45, 2.75) is 32.1 Å². The summed E-state index contributed by atoms with van der Waals surface area (Å²) in [4.78, 5) is 0. The van der Waals surface area contributed by atoms with Crippen molar-refractivity contribution in [3.63, 3.8) is 0 Å². The molecule has 96 valence electrons. The summed E-state index contributed by atoms with van der Waals surface area (Å²) in [5.74, 6) is 0.878. The molecule has 0 amide bonds. The fourth-order valence-electron chi connectivity index (χ4n) is 1.72. The number of para-hydroxylation sites is 1. The van der Waals surface area contributed by atoms with Crippen LogP contribution in [0.3, 0.4) is 0 Å². The van der Waals surface area contributed by atoms with Gasteiger partial charge in [-0.05, 0) is 37.3 Å². The highest BCUT2D eigenvalue weighted by Gasteiger charge is 2.01. The quantitative estimate of drug-likeness (QED) is 0.648. The number of unbranched alkanes of at least 4 members (excludes halogenated alkanes) is 3. The maximum atomic E-state index is 8.93. The summed E-state index contributed by atoms with van der Waals surface area (Å²) in [7, 11) is 0. The van der Waals surface area contributed by atoms with Crippen LogP contribution in [0.1, 0.15) is 31.2 Å². The van der Waals surface area contributed by atoms with Gasteiger partial charge in [-0.3, -0.25) is 0 Å². The van der Waals surface area contributed by atoms with E-state index in [0.717, 1.165) is 37.0 Å². The highest BCUT2D eigenvalue weighted by molar-refractivity contribution is 5.33. The first-order valence-corrected chi connectivity index (χ1v) is 6.31. The van der Waals surface area contributed by atoms with E-state index < -0.39 is 0 Å². The number of benzene rings is 1. The van der Waals surface area contributed by atoms with Gasteiger partial charge in [-0.25, -0.2) is 0 Å². The van der Waals surface area contributed by atoms with Crippen molar-refractivity contribution in [3.05, 3.63) is 29.8 Å². The van der Waals surface area contributed by atoms with Gasteiger partial charge in [0.25, 0.3) is 0 Å². The van der Waals surface area contributed by atoms with E-state index in [-0.39, 0.29) is 13.2 Å². The van der Waals surface area contributed by atoms with Gasteiger partial charge in [0.2, 0.25) is 0 Å². The summed E-state index contributed by atoms with van der Waals surface area (Å²) < 4.78 is 5.70. The van der Waals surface area contributed by atoms with Gasteiger partial charge in [0, 0.05) is 13.2 Å². The zero-order valence-electron chi connectivity index (χ0n) is 10.3. The highest BCUT2D eigenvalue weighted by Crippen LogP contribution is 2.18. The fourth-order valence-corrected chi connectivity index (χ4v) is 1.72.